The van der Waals surface area contributed by atoms with Crippen molar-refractivity contribution in [3.8, 4) is 0 Å². The Morgan fingerprint density at radius 2 is 2.33 bits per heavy atom. The predicted octanol–water partition coefficient (Wildman–Crippen LogP) is 2.15. The molecule has 0 bridgehead atoms. The standard InChI is InChI=1S/C18H25N5O/c1-22-12-15(11-20-22)14-7-9-23(13-14)18(21-16-4-5-16)19-8-6-17-3-2-10-24-17/h2-3,10-12,14,16H,4-9,13H2,1H3,(H,19,21). The number of nitrogens with one attached hydrogen (secondary N) is 1. The first-order valence-corrected chi connectivity index (χ1v) is 8.85. The average Bonchev–Trinajstić information content (AvgIpc) is 3.02. The Bertz CT molecular complexity index is 686. The van der Waals surface area contributed by atoms with Crippen LogP contribution in [0.5, 0.6) is 0 Å². The number of likely N-dealkylation sites (tertiary alicyclic amines) is 1. The molecule has 6 heteroatoms. The molecule has 0 radical (unpaired) electrons. The lowest BCUT2D eigenvalue weighted by atomic mass is 10.0. The molecule has 6 nitrogen and oxygen atoms in total. The van der Waals surface area contributed by atoms with E-state index in [2.05, 4.69) is 21.5 Å². The number of aromatic nitrogens is 2. The third kappa shape index (κ3) is 3.63. The van der Waals surface area contributed by atoms with Crippen LogP contribution in [0.3, 0.4) is 0 Å². The second-order valence-electron chi connectivity index (χ2n) is 6.83. The van der Waals surface area contributed by atoms with Gasteiger partial charge in [-0.05, 0) is 37.0 Å². The maximum Gasteiger partial charge on any atom is 0.194 e. The Kier molecular flexibility index (Phi) is 4.28. The molecule has 24 heavy (non-hydrogen) atoms. The number of hydrogen-bond donors (Lipinski definition) is 1. The van der Waals surface area contributed by atoms with E-state index in [0.717, 1.165) is 44.2 Å². The number of aliphatic imine (C=N–C) groups is 1. The Balaban J connectivity index is 1.39. The zero-order valence-electron chi connectivity index (χ0n) is 14.2. The predicted molar refractivity (Wildman–Crippen MR) is 93.0 cm³/mol. The molecule has 0 spiro atoms. The van der Waals surface area contributed by atoms with Crippen molar-refractivity contribution in [2.45, 2.75) is 37.6 Å². The van der Waals surface area contributed by atoms with E-state index in [9.17, 15) is 0 Å². The smallest absolute Gasteiger partial charge is 0.194 e. The number of furan rings is 1. The van der Waals surface area contributed by atoms with Crippen LogP contribution in [-0.2, 0) is 13.5 Å². The van der Waals surface area contributed by atoms with Gasteiger partial charge in [0.2, 0.25) is 0 Å². The summed E-state index contributed by atoms with van der Waals surface area (Å²) in [7, 11) is 1.98. The van der Waals surface area contributed by atoms with Crippen LogP contribution in [0.15, 0.2) is 40.2 Å². The highest BCUT2D eigenvalue weighted by atomic mass is 16.3. The maximum atomic E-state index is 5.40. The topological polar surface area (TPSA) is 58.6 Å². The van der Waals surface area contributed by atoms with E-state index in [0.29, 0.717) is 12.0 Å². The molecule has 2 aromatic rings. The van der Waals surface area contributed by atoms with Gasteiger partial charge < -0.3 is 14.6 Å². The zero-order chi connectivity index (χ0) is 16.4. The number of rotatable bonds is 5. The normalized spacial score (nSPS) is 21.5. The summed E-state index contributed by atoms with van der Waals surface area (Å²) < 4.78 is 7.29. The lowest BCUT2D eigenvalue weighted by molar-refractivity contribution is 0.480. The summed E-state index contributed by atoms with van der Waals surface area (Å²) >= 11 is 0. The summed E-state index contributed by atoms with van der Waals surface area (Å²) in [5.74, 6) is 2.62. The maximum absolute atomic E-state index is 5.40. The Morgan fingerprint density at radius 3 is 3.04 bits per heavy atom. The quantitative estimate of drug-likeness (QED) is 0.675. The van der Waals surface area contributed by atoms with Crippen LogP contribution in [0.1, 0.15) is 36.5 Å². The monoisotopic (exact) mass is 327 g/mol. The van der Waals surface area contributed by atoms with Gasteiger partial charge in [0.25, 0.3) is 0 Å². The Labute approximate surface area is 142 Å². The van der Waals surface area contributed by atoms with Crippen LogP contribution >= 0.6 is 0 Å². The van der Waals surface area contributed by atoms with E-state index in [-0.39, 0.29) is 0 Å². The van der Waals surface area contributed by atoms with Crippen molar-refractivity contribution < 1.29 is 4.42 Å². The second kappa shape index (κ2) is 6.71. The van der Waals surface area contributed by atoms with Crippen molar-refractivity contribution >= 4 is 5.96 Å². The fourth-order valence-electron chi connectivity index (χ4n) is 3.25. The summed E-state index contributed by atoms with van der Waals surface area (Å²) in [6.07, 6.45) is 10.4. The minimum atomic E-state index is 0.551. The molecule has 3 heterocycles. The second-order valence-corrected chi connectivity index (χ2v) is 6.83. The lowest BCUT2D eigenvalue weighted by Crippen LogP contribution is -2.41. The van der Waals surface area contributed by atoms with Gasteiger partial charge in [0.1, 0.15) is 5.76 Å². The summed E-state index contributed by atoms with van der Waals surface area (Å²) in [4.78, 5) is 7.25. The molecule has 2 fully saturated rings. The zero-order valence-corrected chi connectivity index (χ0v) is 14.2. The molecule has 1 aliphatic heterocycles. The van der Waals surface area contributed by atoms with Gasteiger partial charge >= 0.3 is 0 Å². The van der Waals surface area contributed by atoms with Crippen molar-refractivity contribution in [3.05, 3.63) is 42.1 Å². The fraction of sp³-hybridized carbons (Fsp3) is 0.556. The molecule has 2 aromatic heterocycles. The summed E-state index contributed by atoms with van der Waals surface area (Å²) in [6.45, 7) is 2.83. The van der Waals surface area contributed by atoms with Crippen molar-refractivity contribution in [3.63, 3.8) is 0 Å². The third-order valence-electron chi connectivity index (χ3n) is 4.79. The first-order valence-electron chi connectivity index (χ1n) is 8.85. The minimum absolute atomic E-state index is 0.551. The van der Waals surface area contributed by atoms with Crippen LogP contribution in [0.2, 0.25) is 0 Å². The molecule has 1 atom stereocenters. The van der Waals surface area contributed by atoms with E-state index in [4.69, 9.17) is 9.41 Å². The van der Waals surface area contributed by atoms with Crippen molar-refractivity contribution in [1.29, 1.82) is 0 Å². The third-order valence-corrected chi connectivity index (χ3v) is 4.79. The summed E-state index contributed by atoms with van der Waals surface area (Å²) in [6, 6.07) is 4.56. The van der Waals surface area contributed by atoms with Gasteiger partial charge in [0.15, 0.2) is 5.96 Å². The molecule has 0 amide bonds. The molecule has 1 saturated heterocycles. The van der Waals surface area contributed by atoms with Crippen molar-refractivity contribution in [2.24, 2.45) is 12.0 Å². The molecule has 0 aromatic carbocycles. The largest absolute Gasteiger partial charge is 0.469 e. The van der Waals surface area contributed by atoms with Crippen LogP contribution in [0.25, 0.3) is 0 Å². The van der Waals surface area contributed by atoms with E-state index >= 15 is 0 Å². The van der Waals surface area contributed by atoms with Gasteiger partial charge in [-0.1, -0.05) is 0 Å². The van der Waals surface area contributed by atoms with E-state index in [1.165, 1.54) is 18.4 Å². The average molecular weight is 327 g/mol. The molecule has 4 rings (SSSR count). The number of hydrogen-bond acceptors (Lipinski definition) is 3. The highest BCUT2D eigenvalue weighted by molar-refractivity contribution is 5.81. The number of guanidine groups is 1. The number of nitrogens with zero attached hydrogens (tertiary/aromatic N) is 4. The Morgan fingerprint density at radius 1 is 1.42 bits per heavy atom. The van der Waals surface area contributed by atoms with Crippen LogP contribution < -0.4 is 5.32 Å². The van der Waals surface area contributed by atoms with Gasteiger partial charge in [-0.2, -0.15) is 5.10 Å². The van der Waals surface area contributed by atoms with E-state index < -0.39 is 0 Å². The molecule has 2 aliphatic rings. The fourth-order valence-corrected chi connectivity index (χ4v) is 3.25. The van der Waals surface area contributed by atoms with Crippen LogP contribution in [-0.4, -0.2) is 46.3 Å². The highest BCUT2D eigenvalue weighted by Crippen LogP contribution is 2.27. The van der Waals surface area contributed by atoms with E-state index in [1.54, 1.807) is 6.26 Å². The molecule has 1 unspecified atom stereocenters. The summed E-state index contributed by atoms with van der Waals surface area (Å²) in [5, 5.41) is 7.92. The van der Waals surface area contributed by atoms with Gasteiger partial charge in [-0.25, -0.2) is 0 Å². The molecular weight excluding hydrogens is 302 g/mol. The number of aryl methyl sites for hydroxylation is 1. The summed E-state index contributed by atoms with van der Waals surface area (Å²) in [5.41, 5.74) is 1.33. The molecular formula is C18H25N5O. The van der Waals surface area contributed by atoms with Crippen LogP contribution in [0, 0.1) is 0 Å². The van der Waals surface area contributed by atoms with Gasteiger partial charge in [-0.3, -0.25) is 9.67 Å². The Hall–Kier alpha value is -2.24. The van der Waals surface area contributed by atoms with Crippen molar-refractivity contribution in [1.82, 2.24) is 20.0 Å². The van der Waals surface area contributed by atoms with Gasteiger partial charge in [0, 0.05) is 51.3 Å². The molecule has 1 N–H and O–H groups in total. The van der Waals surface area contributed by atoms with Gasteiger partial charge in [0.05, 0.1) is 12.5 Å². The van der Waals surface area contributed by atoms with E-state index in [1.807, 2.05) is 30.1 Å². The first kappa shape index (κ1) is 15.3. The van der Waals surface area contributed by atoms with Gasteiger partial charge in [-0.15, -0.1) is 0 Å². The highest BCUT2D eigenvalue weighted by Gasteiger charge is 2.30. The lowest BCUT2D eigenvalue weighted by Gasteiger charge is -2.22. The SMILES string of the molecule is Cn1cc(C2CCN(C(=NCCc3ccco3)NC3CC3)C2)cn1. The van der Waals surface area contributed by atoms with Crippen LogP contribution in [0.4, 0.5) is 0 Å². The van der Waals surface area contributed by atoms with Crippen molar-refractivity contribution in [2.75, 3.05) is 19.6 Å². The first-order chi connectivity index (χ1) is 11.8. The minimum Gasteiger partial charge on any atom is -0.469 e. The molecule has 1 saturated carbocycles. The molecule has 1 aliphatic carbocycles. The molecule has 128 valence electrons.